The van der Waals surface area contributed by atoms with Crippen molar-refractivity contribution in [2.24, 2.45) is 5.73 Å². The maximum absolute atomic E-state index is 6.17. The van der Waals surface area contributed by atoms with Crippen LogP contribution in [0.3, 0.4) is 0 Å². The fraction of sp³-hybridized carbons (Fsp3) is 0.286. The first-order valence-electron chi connectivity index (χ1n) is 5.61. The summed E-state index contributed by atoms with van der Waals surface area (Å²) in [5, 5.41) is 0. The summed E-state index contributed by atoms with van der Waals surface area (Å²) in [7, 11) is 0. The van der Waals surface area contributed by atoms with Crippen LogP contribution in [-0.4, -0.2) is 0 Å². The quantitative estimate of drug-likeness (QED) is 0.850. The molecule has 0 aliphatic rings. The van der Waals surface area contributed by atoms with Crippen molar-refractivity contribution in [1.29, 1.82) is 0 Å². The van der Waals surface area contributed by atoms with Crippen LogP contribution < -0.4 is 5.73 Å². The fourth-order valence-electron chi connectivity index (χ4n) is 1.91. The van der Waals surface area contributed by atoms with Gasteiger partial charge in [0.05, 0.1) is 6.26 Å². The fourth-order valence-corrected chi connectivity index (χ4v) is 1.91. The van der Waals surface area contributed by atoms with E-state index in [2.05, 4.69) is 19.1 Å². The lowest BCUT2D eigenvalue weighted by atomic mass is 9.98. The first-order valence-corrected chi connectivity index (χ1v) is 5.61. The molecule has 16 heavy (non-hydrogen) atoms. The molecule has 0 amide bonds. The number of furan rings is 1. The molecular formula is C14H17NO. The zero-order valence-corrected chi connectivity index (χ0v) is 9.52. The van der Waals surface area contributed by atoms with Crippen molar-refractivity contribution in [1.82, 2.24) is 0 Å². The molecule has 1 aromatic carbocycles. The van der Waals surface area contributed by atoms with E-state index in [1.165, 1.54) is 11.1 Å². The van der Waals surface area contributed by atoms with Gasteiger partial charge in [-0.1, -0.05) is 24.3 Å². The minimum absolute atomic E-state index is 0.0892. The van der Waals surface area contributed by atoms with Crippen LogP contribution in [0.1, 0.15) is 29.3 Å². The van der Waals surface area contributed by atoms with Gasteiger partial charge in [0.15, 0.2) is 0 Å². The van der Waals surface area contributed by atoms with Gasteiger partial charge >= 0.3 is 0 Å². The van der Waals surface area contributed by atoms with Gasteiger partial charge in [-0.2, -0.15) is 0 Å². The Labute approximate surface area is 96.1 Å². The van der Waals surface area contributed by atoms with E-state index in [0.29, 0.717) is 0 Å². The van der Waals surface area contributed by atoms with Crippen LogP contribution in [0.4, 0.5) is 0 Å². The number of aryl methyl sites for hydroxylation is 2. The summed E-state index contributed by atoms with van der Waals surface area (Å²) in [6.45, 7) is 2.10. The first kappa shape index (κ1) is 11.0. The van der Waals surface area contributed by atoms with E-state index in [4.69, 9.17) is 10.2 Å². The third-order valence-electron chi connectivity index (χ3n) is 2.87. The standard InChI is InChI=1S/C14H17NO/c1-11-5-2-3-7-13(11)14(15)9-8-12-6-4-10-16-12/h2-7,10,14H,8-9,15H2,1H3. The van der Waals surface area contributed by atoms with Gasteiger partial charge in [-0.25, -0.2) is 0 Å². The molecule has 0 spiro atoms. The average molecular weight is 215 g/mol. The summed E-state index contributed by atoms with van der Waals surface area (Å²) >= 11 is 0. The van der Waals surface area contributed by atoms with E-state index in [9.17, 15) is 0 Å². The molecule has 1 atom stereocenters. The van der Waals surface area contributed by atoms with Gasteiger partial charge in [-0.3, -0.25) is 0 Å². The predicted octanol–water partition coefficient (Wildman–Crippen LogP) is 3.22. The number of nitrogens with two attached hydrogens (primary N) is 1. The van der Waals surface area contributed by atoms with E-state index < -0.39 is 0 Å². The normalized spacial score (nSPS) is 12.6. The lowest BCUT2D eigenvalue weighted by Gasteiger charge is -2.13. The van der Waals surface area contributed by atoms with Crippen molar-refractivity contribution in [3.05, 3.63) is 59.5 Å². The molecule has 0 saturated heterocycles. The maximum atomic E-state index is 6.17. The Hall–Kier alpha value is -1.54. The van der Waals surface area contributed by atoms with E-state index in [1.807, 2.05) is 24.3 Å². The Kier molecular flexibility index (Phi) is 3.42. The molecule has 2 rings (SSSR count). The molecule has 84 valence electrons. The largest absolute Gasteiger partial charge is 0.469 e. The Morgan fingerprint density at radius 1 is 1.19 bits per heavy atom. The highest BCUT2D eigenvalue weighted by molar-refractivity contribution is 5.28. The lowest BCUT2D eigenvalue weighted by molar-refractivity contribution is 0.488. The summed E-state index contributed by atoms with van der Waals surface area (Å²) in [6.07, 6.45) is 3.51. The number of hydrogen-bond donors (Lipinski definition) is 1. The van der Waals surface area contributed by atoms with Crippen molar-refractivity contribution >= 4 is 0 Å². The summed E-state index contributed by atoms with van der Waals surface area (Å²) in [5.74, 6) is 1.00. The van der Waals surface area contributed by atoms with E-state index >= 15 is 0 Å². The van der Waals surface area contributed by atoms with Gasteiger partial charge in [0.2, 0.25) is 0 Å². The van der Waals surface area contributed by atoms with Crippen LogP contribution in [0, 0.1) is 6.92 Å². The molecule has 1 unspecified atom stereocenters. The summed E-state index contributed by atoms with van der Waals surface area (Å²) < 4.78 is 5.29. The zero-order valence-electron chi connectivity index (χ0n) is 9.52. The number of benzene rings is 1. The molecule has 0 fully saturated rings. The lowest BCUT2D eigenvalue weighted by Crippen LogP contribution is -2.12. The molecule has 0 aliphatic heterocycles. The third-order valence-corrected chi connectivity index (χ3v) is 2.87. The second-order valence-corrected chi connectivity index (χ2v) is 4.08. The molecule has 0 saturated carbocycles. The molecule has 0 aliphatic carbocycles. The summed E-state index contributed by atoms with van der Waals surface area (Å²) in [5.41, 5.74) is 8.66. The van der Waals surface area contributed by atoms with Crippen molar-refractivity contribution in [3.8, 4) is 0 Å². The monoisotopic (exact) mass is 215 g/mol. The predicted molar refractivity (Wildman–Crippen MR) is 65.1 cm³/mol. The zero-order chi connectivity index (χ0) is 11.4. The Morgan fingerprint density at radius 3 is 2.69 bits per heavy atom. The molecule has 2 nitrogen and oxygen atoms in total. The van der Waals surface area contributed by atoms with Crippen molar-refractivity contribution < 1.29 is 4.42 Å². The van der Waals surface area contributed by atoms with E-state index in [1.54, 1.807) is 6.26 Å². The van der Waals surface area contributed by atoms with Crippen LogP contribution in [0.5, 0.6) is 0 Å². The average Bonchev–Trinajstić information content (AvgIpc) is 2.79. The van der Waals surface area contributed by atoms with Crippen molar-refractivity contribution in [2.75, 3.05) is 0 Å². The molecule has 1 heterocycles. The highest BCUT2D eigenvalue weighted by Gasteiger charge is 2.09. The smallest absolute Gasteiger partial charge is 0.103 e. The highest BCUT2D eigenvalue weighted by atomic mass is 16.3. The molecule has 0 bridgehead atoms. The minimum Gasteiger partial charge on any atom is -0.469 e. The van der Waals surface area contributed by atoms with Gasteiger partial charge in [0, 0.05) is 12.5 Å². The van der Waals surface area contributed by atoms with Gasteiger partial charge < -0.3 is 10.2 Å². The van der Waals surface area contributed by atoms with Gasteiger partial charge in [-0.05, 0) is 36.6 Å². The van der Waals surface area contributed by atoms with E-state index in [-0.39, 0.29) is 6.04 Å². The van der Waals surface area contributed by atoms with Crippen LogP contribution in [0.25, 0.3) is 0 Å². The molecule has 2 heteroatoms. The van der Waals surface area contributed by atoms with Crippen LogP contribution in [-0.2, 0) is 6.42 Å². The summed E-state index contributed by atoms with van der Waals surface area (Å²) in [6, 6.07) is 12.3. The van der Waals surface area contributed by atoms with Crippen LogP contribution in [0.15, 0.2) is 47.1 Å². The Morgan fingerprint density at radius 2 is 2.00 bits per heavy atom. The molecule has 2 aromatic rings. The number of hydrogen-bond acceptors (Lipinski definition) is 2. The molecular weight excluding hydrogens is 198 g/mol. The SMILES string of the molecule is Cc1ccccc1C(N)CCc1ccco1. The molecule has 0 radical (unpaired) electrons. The van der Waals surface area contributed by atoms with Gasteiger partial charge in [-0.15, -0.1) is 0 Å². The Bertz CT molecular complexity index is 434. The second kappa shape index (κ2) is 4.99. The summed E-state index contributed by atoms with van der Waals surface area (Å²) in [4.78, 5) is 0. The molecule has 2 N–H and O–H groups in total. The topological polar surface area (TPSA) is 39.2 Å². The van der Waals surface area contributed by atoms with Gasteiger partial charge in [0.25, 0.3) is 0 Å². The Balaban J connectivity index is 1.98. The van der Waals surface area contributed by atoms with Crippen LogP contribution in [0.2, 0.25) is 0 Å². The maximum Gasteiger partial charge on any atom is 0.103 e. The third kappa shape index (κ3) is 2.52. The highest BCUT2D eigenvalue weighted by Crippen LogP contribution is 2.20. The van der Waals surface area contributed by atoms with Crippen molar-refractivity contribution in [3.63, 3.8) is 0 Å². The van der Waals surface area contributed by atoms with Gasteiger partial charge in [0.1, 0.15) is 5.76 Å². The first-order chi connectivity index (χ1) is 7.77. The molecule has 1 aromatic heterocycles. The minimum atomic E-state index is 0.0892. The van der Waals surface area contributed by atoms with E-state index in [0.717, 1.165) is 18.6 Å². The number of rotatable bonds is 4. The van der Waals surface area contributed by atoms with Crippen molar-refractivity contribution in [2.45, 2.75) is 25.8 Å². The second-order valence-electron chi connectivity index (χ2n) is 4.08. The van der Waals surface area contributed by atoms with Crippen LogP contribution >= 0.6 is 0 Å².